The molecule has 2 aromatic carbocycles. The van der Waals surface area contributed by atoms with Crippen LogP contribution in [-0.2, 0) is 12.8 Å². The van der Waals surface area contributed by atoms with Gasteiger partial charge in [0.25, 0.3) is 0 Å². The summed E-state index contributed by atoms with van der Waals surface area (Å²) in [5.74, 6) is 4.47. The zero-order chi connectivity index (χ0) is 15.2. The first-order chi connectivity index (χ1) is 10.1. The van der Waals surface area contributed by atoms with Crippen LogP contribution in [0, 0.1) is 18.6 Å². The number of nitrogens with one attached hydrogen (secondary N) is 1. The minimum atomic E-state index is -0.523. The third-order valence-corrected chi connectivity index (χ3v) is 3.65. The van der Waals surface area contributed by atoms with Crippen molar-refractivity contribution in [3.63, 3.8) is 0 Å². The monoisotopic (exact) mass is 290 g/mol. The fourth-order valence-electron chi connectivity index (χ4n) is 2.31. The van der Waals surface area contributed by atoms with Crippen LogP contribution in [-0.4, -0.2) is 6.04 Å². The van der Waals surface area contributed by atoms with Crippen LogP contribution in [0.15, 0.2) is 42.5 Å². The Balaban J connectivity index is 1.98. The summed E-state index contributed by atoms with van der Waals surface area (Å²) in [6.45, 7) is 2.04. The molecule has 1 atom stereocenters. The first-order valence-corrected chi connectivity index (χ1v) is 7.04. The summed E-state index contributed by atoms with van der Waals surface area (Å²) in [4.78, 5) is 0. The van der Waals surface area contributed by atoms with Crippen LogP contribution in [0.3, 0.4) is 0 Å². The summed E-state index contributed by atoms with van der Waals surface area (Å²) in [6, 6.07) is 12.0. The van der Waals surface area contributed by atoms with Crippen LogP contribution in [0.4, 0.5) is 8.78 Å². The van der Waals surface area contributed by atoms with Gasteiger partial charge in [0.2, 0.25) is 0 Å². The second-order valence-electron chi connectivity index (χ2n) is 5.29. The third kappa shape index (κ3) is 4.34. The summed E-state index contributed by atoms with van der Waals surface area (Å²) in [5, 5.41) is 0. The number of rotatable bonds is 6. The molecule has 0 spiro atoms. The van der Waals surface area contributed by atoms with E-state index in [4.69, 9.17) is 5.84 Å². The number of hydrogen-bond acceptors (Lipinski definition) is 2. The summed E-state index contributed by atoms with van der Waals surface area (Å²) in [6.07, 6.45) is 1.76. The predicted octanol–water partition coefficient (Wildman–Crippen LogP) is 3.28. The summed E-state index contributed by atoms with van der Waals surface area (Å²) in [7, 11) is 0. The molecule has 0 radical (unpaired) electrons. The van der Waals surface area contributed by atoms with E-state index >= 15 is 0 Å². The number of aryl methyl sites for hydroxylation is 2. The van der Waals surface area contributed by atoms with Crippen molar-refractivity contribution >= 4 is 0 Å². The quantitative estimate of drug-likeness (QED) is 0.633. The van der Waals surface area contributed by atoms with Gasteiger partial charge >= 0.3 is 0 Å². The smallest absolute Gasteiger partial charge is 0.129 e. The lowest BCUT2D eigenvalue weighted by atomic mass is 9.98. The van der Waals surface area contributed by atoms with Crippen LogP contribution in [0.2, 0.25) is 0 Å². The first-order valence-electron chi connectivity index (χ1n) is 7.04. The lowest BCUT2D eigenvalue weighted by Gasteiger charge is -2.17. The van der Waals surface area contributed by atoms with Gasteiger partial charge in [-0.1, -0.05) is 35.9 Å². The highest BCUT2D eigenvalue weighted by Gasteiger charge is 2.14. The Kier molecular flexibility index (Phi) is 5.42. The predicted molar refractivity (Wildman–Crippen MR) is 80.7 cm³/mol. The van der Waals surface area contributed by atoms with Gasteiger partial charge in [-0.15, -0.1) is 0 Å². The number of hydrogen-bond donors (Lipinski definition) is 2. The second kappa shape index (κ2) is 7.29. The van der Waals surface area contributed by atoms with Crippen LogP contribution < -0.4 is 11.3 Å². The highest BCUT2D eigenvalue weighted by atomic mass is 19.1. The van der Waals surface area contributed by atoms with Gasteiger partial charge in [0.05, 0.1) is 0 Å². The molecule has 3 N–H and O–H groups in total. The molecule has 0 aliphatic rings. The molecule has 1 unspecified atom stereocenters. The maximum absolute atomic E-state index is 13.6. The van der Waals surface area contributed by atoms with Crippen molar-refractivity contribution in [3.8, 4) is 0 Å². The molecule has 0 saturated heterocycles. The van der Waals surface area contributed by atoms with E-state index in [0.29, 0.717) is 6.42 Å². The lowest BCUT2D eigenvalue weighted by molar-refractivity contribution is 0.464. The normalized spacial score (nSPS) is 12.4. The summed E-state index contributed by atoms with van der Waals surface area (Å²) >= 11 is 0. The van der Waals surface area contributed by atoms with Crippen molar-refractivity contribution in [2.45, 2.75) is 32.2 Å². The molecule has 0 fully saturated rings. The largest absolute Gasteiger partial charge is 0.271 e. The van der Waals surface area contributed by atoms with Gasteiger partial charge < -0.3 is 0 Å². The molecule has 0 heterocycles. The molecular formula is C17H20F2N2. The van der Waals surface area contributed by atoms with E-state index in [9.17, 15) is 8.78 Å². The maximum Gasteiger partial charge on any atom is 0.129 e. The molecule has 0 aliphatic heterocycles. The fourth-order valence-corrected chi connectivity index (χ4v) is 2.31. The van der Waals surface area contributed by atoms with Gasteiger partial charge in [-0.05, 0) is 43.9 Å². The molecule has 112 valence electrons. The molecule has 0 saturated carbocycles. The highest BCUT2D eigenvalue weighted by Crippen LogP contribution is 2.16. The number of halogens is 2. The van der Waals surface area contributed by atoms with Gasteiger partial charge in [-0.25, -0.2) is 8.78 Å². The number of hydrazine groups is 1. The molecule has 0 bridgehead atoms. The first kappa shape index (κ1) is 15.6. The Bertz CT molecular complexity index is 562. The van der Waals surface area contributed by atoms with E-state index in [1.54, 1.807) is 0 Å². The van der Waals surface area contributed by atoms with E-state index in [0.717, 1.165) is 6.42 Å². The minimum absolute atomic E-state index is 0.0874. The maximum atomic E-state index is 13.6. The Morgan fingerprint density at radius 1 is 1.05 bits per heavy atom. The number of nitrogens with two attached hydrogens (primary N) is 1. The Morgan fingerprint density at radius 3 is 2.24 bits per heavy atom. The van der Waals surface area contributed by atoms with Gasteiger partial charge in [-0.2, -0.15) is 0 Å². The average Bonchev–Trinajstić information content (AvgIpc) is 2.48. The van der Waals surface area contributed by atoms with Crippen molar-refractivity contribution < 1.29 is 8.78 Å². The van der Waals surface area contributed by atoms with Gasteiger partial charge in [-0.3, -0.25) is 11.3 Å². The molecule has 4 heteroatoms. The highest BCUT2D eigenvalue weighted by molar-refractivity contribution is 5.22. The third-order valence-electron chi connectivity index (χ3n) is 3.65. The second-order valence-corrected chi connectivity index (χ2v) is 5.29. The van der Waals surface area contributed by atoms with E-state index < -0.39 is 11.6 Å². The van der Waals surface area contributed by atoms with Crippen LogP contribution >= 0.6 is 0 Å². The molecular weight excluding hydrogens is 270 g/mol. The van der Waals surface area contributed by atoms with Crippen molar-refractivity contribution in [2.75, 3.05) is 0 Å². The molecule has 0 amide bonds. The van der Waals surface area contributed by atoms with Gasteiger partial charge in [0.1, 0.15) is 11.6 Å². The van der Waals surface area contributed by atoms with Crippen molar-refractivity contribution in [1.29, 1.82) is 0 Å². The van der Waals surface area contributed by atoms with Gasteiger partial charge in [0, 0.05) is 11.6 Å². The molecule has 2 aromatic rings. The van der Waals surface area contributed by atoms with Crippen LogP contribution in [0.5, 0.6) is 0 Å². The van der Waals surface area contributed by atoms with Crippen LogP contribution in [0.1, 0.15) is 23.1 Å². The van der Waals surface area contributed by atoms with Crippen molar-refractivity contribution in [1.82, 2.24) is 5.43 Å². The van der Waals surface area contributed by atoms with E-state index in [-0.39, 0.29) is 18.0 Å². The zero-order valence-corrected chi connectivity index (χ0v) is 12.1. The Hall–Kier alpha value is -1.78. The summed E-state index contributed by atoms with van der Waals surface area (Å²) in [5.41, 5.74) is 5.14. The van der Waals surface area contributed by atoms with E-state index in [2.05, 4.69) is 29.7 Å². The average molecular weight is 290 g/mol. The Morgan fingerprint density at radius 2 is 1.67 bits per heavy atom. The summed E-state index contributed by atoms with van der Waals surface area (Å²) < 4.78 is 27.3. The van der Waals surface area contributed by atoms with E-state index in [1.807, 2.05) is 6.92 Å². The molecule has 2 rings (SSSR count). The molecule has 2 nitrogen and oxygen atoms in total. The number of benzene rings is 2. The van der Waals surface area contributed by atoms with Crippen LogP contribution in [0.25, 0.3) is 0 Å². The molecule has 21 heavy (non-hydrogen) atoms. The Labute approximate surface area is 124 Å². The van der Waals surface area contributed by atoms with Crippen molar-refractivity contribution in [3.05, 3.63) is 70.8 Å². The lowest BCUT2D eigenvalue weighted by Crippen LogP contribution is -2.37. The van der Waals surface area contributed by atoms with E-state index in [1.165, 1.54) is 29.3 Å². The molecule has 0 aliphatic carbocycles. The standard InChI is InChI=1S/C17H20F2N2/c1-12-5-7-13(8-6-12)9-10-14(21-20)11-15-16(18)3-2-4-17(15)19/h2-8,14,21H,9-11,20H2,1H3. The topological polar surface area (TPSA) is 38.0 Å². The van der Waals surface area contributed by atoms with Gasteiger partial charge in [0.15, 0.2) is 0 Å². The fraction of sp³-hybridized carbons (Fsp3) is 0.294. The SMILES string of the molecule is Cc1ccc(CCC(Cc2c(F)cccc2F)NN)cc1. The zero-order valence-electron chi connectivity index (χ0n) is 12.1. The molecule has 0 aromatic heterocycles. The minimum Gasteiger partial charge on any atom is -0.271 e. The van der Waals surface area contributed by atoms with Crippen molar-refractivity contribution in [2.24, 2.45) is 5.84 Å².